The van der Waals surface area contributed by atoms with Gasteiger partial charge < -0.3 is 39.1 Å². The van der Waals surface area contributed by atoms with Crippen LogP contribution in [0, 0.1) is 5.41 Å². The summed E-state index contributed by atoms with van der Waals surface area (Å²) in [4.78, 5) is 63.1. The Balaban J connectivity index is 0.00000481. The SMILES string of the molecule is COc1cccc(OC)c1C(=O)NC1C(=O)N2[C@@H]1SC(C)(C)[C@@H]2C(=O)OCOC(=O)C(C)(C)C(=O)[O-].[Na+]. The molecule has 1 aromatic rings. The predicted octanol–water partition coefficient (Wildman–Crippen LogP) is -3.31. The monoisotopic (exact) mass is 546 g/mol. The summed E-state index contributed by atoms with van der Waals surface area (Å²) in [7, 11) is 2.81. The summed E-state index contributed by atoms with van der Waals surface area (Å²) in [5.74, 6) is -4.13. The van der Waals surface area contributed by atoms with Gasteiger partial charge in [-0.05, 0) is 39.8 Å². The number of ether oxygens (including phenoxy) is 4. The van der Waals surface area contributed by atoms with Crippen LogP contribution < -0.4 is 49.5 Å². The van der Waals surface area contributed by atoms with Gasteiger partial charge in [0.2, 0.25) is 12.7 Å². The molecule has 14 heteroatoms. The zero-order valence-electron chi connectivity index (χ0n) is 21.6. The van der Waals surface area contributed by atoms with Crippen LogP contribution in [0.25, 0.3) is 0 Å². The number of carbonyl (C=O) groups is 5. The molecular formula is C23H27N2NaO10S. The number of amides is 2. The number of carboxylic acids is 1. The van der Waals surface area contributed by atoms with Gasteiger partial charge in [0.15, 0.2) is 0 Å². The van der Waals surface area contributed by atoms with Gasteiger partial charge >= 0.3 is 41.5 Å². The average molecular weight is 547 g/mol. The summed E-state index contributed by atoms with van der Waals surface area (Å²) in [5.41, 5.74) is -1.79. The van der Waals surface area contributed by atoms with Crippen LogP contribution in [0.1, 0.15) is 38.1 Å². The van der Waals surface area contributed by atoms with E-state index < -0.39 is 64.1 Å². The van der Waals surface area contributed by atoms with Gasteiger partial charge in [-0.1, -0.05) is 6.07 Å². The van der Waals surface area contributed by atoms with Crippen LogP contribution in [0.5, 0.6) is 11.5 Å². The van der Waals surface area contributed by atoms with Crippen molar-refractivity contribution in [3.63, 3.8) is 0 Å². The molecule has 3 rings (SSSR count). The number of carboxylic acid groups (broad SMARTS) is 1. The van der Waals surface area contributed by atoms with E-state index in [2.05, 4.69) is 5.32 Å². The van der Waals surface area contributed by atoms with Gasteiger partial charge in [-0.3, -0.25) is 14.4 Å². The van der Waals surface area contributed by atoms with Crippen molar-refractivity contribution in [1.29, 1.82) is 0 Å². The van der Waals surface area contributed by atoms with E-state index in [1.807, 2.05) is 0 Å². The number of β-lactam (4-membered cyclic amide) rings is 1. The van der Waals surface area contributed by atoms with Crippen LogP contribution in [-0.4, -0.2) is 77.8 Å². The second-order valence-corrected chi connectivity index (χ2v) is 10.9. The summed E-state index contributed by atoms with van der Waals surface area (Å²) in [6.45, 7) is 4.85. The van der Waals surface area contributed by atoms with Crippen molar-refractivity contribution in [2.24, 2.45) is 5.41 Å². The van der Waals surface area contributed by atoms with Crippen LogP contribution in [0.15, 0.2) is 18.2 Å². The smallest absolute Gasteiger partial charge is 0.549 e. The van der Waals surface area contributed by atoms with Crippen molar-refractivity contribution in [3.05, 3.63) is 23.8 Å². The van der Waals surface area contributed by atoms with E-state index in [0.717, 1.165) is 13.8 Å². The number of thioether (sulfide) groups is 1. The molecule has 37 heavy (non-hydrogen) atoms. The third-order valence-corrected chi connectivity index (χ3v) is 7.59. The van der Waals surface area contributed by atoms with E-state index in [0.29, 0.717) is 0 Å². The minimum atomic E-state index is -1.93. The third-order valence-electron chi connectivity index (χ3n) is 6.02. The number of rotatable bonds is 9. The van der Waals surface area contributed by atoms with Crippen LogP contribution in [0.4, 0.5) is 0 Å². The number of nitrogens with zero attached hydrogens (tertiary/aromatic N) is 1. The Morgan fingerprint density at radius 1 is 1.11 bits per heavy atom. The molecule has 0 aromatic heterocycles. The van der Waals surface area contributed by atoms with Gasteiger partial charge in [-0.25, -0.2) is 4.79 Å². The number of hydrogen-bond acceptors (Lipinski definition) is 11. The van der Waals surface area contributed by atoms with E-state index in [9.17, 15) is 29.1 Å². The maximum atomic E-state index is 13.0. The average Bonchev–Trinajstić information content (AvgIpc) is 3.08. The summed E-state index contributed by atoms with van der Waals surface area (Å²) in [6, 6.07) is 2.91. The molecule has 2 aliphatic rings. The van der Waals surface area contributed by atoms with Crippen molar-refractivity contribution < 1.29 is 77.6 Å². The number of fused-ring (bicyclic) bond motifs is 1. The molecule has 0 aliphatic carbocycles. The van der Waals surface area contributed by atoms with Gasteiger partial charge in [0, 0.05) is 4.75 Å². The number of nitrogens with one attached hydrogen (secondary N) is 1. The Morgan fingerprint density at radius 2 is 1.68 bits per heavy atom. The Bertz CT molecular complexity index is 1090. The summed E-state index contributed by atoms with van der Waals surface area (Å²) in [5, 5.41) is 13.2. The molecule has 2 fully saturated rings. The summed E-state index contributed by atoms with van der Waals surface area (Å²) < 4.78 is 19.5. The first-order valence-electron chi connectivity index (χ1n) is 10.8. The molecule has 2 amide bonds. The second-order valence-electron chi connectivity index (χ2n) is 9.17. The zero-order chi connectivity index (χ0) is 27.0. The van der Waals surface area contributed by atoms with Crippen LogP contribution in [-0.2, 0) is 28.7 Å². The van der Waals surface area contributed by atoms with Crippen molar-refractivity contribution in [2.45, 2.75) is 49.9 Å². The molecular weight excluding hydrogens is 519 g/mol. The molecule has 0 saturated carbocycles. The Hall–Kier alpha value is -2.48. The van der Waals surface area contributed by atoms with Crippen molar-refractivity contribution >= 4 is 41.5 Å². The first kappa shape index (κ1) is 30.7. The molecule has 0 spiro atoms. The maximum Gasteiger partial charge on any atom is 1.00 e. The number of aliphatic carboxylic acids is 1. The fraction of sp³-hybridized carbons (Fsp3) is 0.522. The second kappa shape index (κ2) is 11.5. The molecule has 1 unspecified atom stereocenters. The van der Waals surface area contributed by atoms with Crippen molar-refractivity contribution in [2.75, 3.05) is 21.0 Å². The minimum Gasteiger partial charge on any atom is -0.549 e. The number of hydrogen-bond donors (Lipinski definition) is 1. The molecule has 2 aliphatic heterocycles. The van der Waals surface area contributed by atoms with Gasteiger partial charge in [0.05, 0.1) is 20.2 Å². The molecule has 0 bridgehead atoms. The predicted molar refractivity (Wildman–Crippen MR) is 123 cm³/mol. The number of esters is 2. The molecule has 0 radical (unpaired) electrons. The normalized spacial score (nSPS) is 21.5. The number of carbonyl (C=O) groups excluding carboxylic acids is 5. The standard InChI is InChI=1S/C23H28N2O10S.Na/c1-22(2,20(29)30)21(31)35-10-34-19(28)15-23(3,4)36-18-14(17(27)25(15)18)24-16(26)13-11(32-5)8-7-9-12(13)33-6;/h7-9,14-15,18H,10H2,1-6H3,(H,24,26)(H,29,30);/q;+1/p-1/t14?,15-,18+;/m0./s1. The van der Waals surface area contributed by atoms with Gasteiger partial charge in [-0.2, -0.15) is 0 Å². The van der Waals surface area contributed by atoms with Crippen LogP contribution >= 0.6 is 11.8 Å². The topological polar surface area (TPSA) is 161 Å². The van der Waals surface area contributed by atoms with Crippen molar-refractivity contribution in [1.82, 2.24) is 10.2 Å². The zero-order valence-corrected chi connectivity index (χ0v) is 24.4. The third kappa shape index (κ3) is 5.69. The van der Waals surface area contributed by atoms with Crippen molar-refractivity contribution in [3.8, 4) is 11.5 Å². The van der Waals surface area contributed by atoms with Gasteiger partial charge in [0.25, 0.3) is 5.91 Å². The molecule has 1 N–H and O–H groups in total. The Kier molecular flexibility index (Phi) is 9.56. The first-order valence-corrected chi connectivity index (χ1v) is 11.7. The summed E-state index contributed by atoms with van der Waals surface area (Å²) in [6.07, 6.45) is 0. The Labute approximate surface area is 240 Å². The molecule has 196 valence electrons. The molecule has 3 atom stereocenters. The van der Waals surface area contributed by atoms with Gasteiger partial charge in [-0.15, -0.1) is 11.8 Å². The van der Waals surface area contributed by atoms with E-state index in [4.69, 9.17) is 18.9 Å². The van der Waals surface area contributed by atoms with Crippen LogP contribution in [0.3, 0.4) is 0 Å². The van der Waals surface area contributed by atoms with E-state index in [1.165, 1.54) is 30.9 Å². The molecule has 2 heterocycles. The quantitative estimate of drug-likeness (QED) is 0.109. The fourth-order valence-electron chi connectivity index (χ4n) is 3.90. The minimum absolute atomic E-state index is 0. The largest absolute Gasteiger partial charge is 1.00 e. The van der Waals surface area contributed by atoms with Crippen LogP contribution in [0.2, 0.25) is 0 Å². The summed E-state index contributed by atoms with van der Waals surface area (Å²) >= 11 is 1.30. The Morgan fingerprint density at radius 3 is 2.19 bits per heavy atom. The number of benzene rings is 1. The van der Waals surface area contributed by atoms with E-state index in [1.54, 1.807) is 32.0 Å². The first-order chi connectivity index (χ1) is 16.8. The van der Waals surface area contributed by atoms with E-state index in [-0.39, 0.29) is 46.6 Å². The van der Waals surface area contributed by atoms with E-state index >= 15 is 0 Å². The molecule has 12 nitrogen and oxygen atoms in total. The number of methoxy groups -OCH3 is 2. The van der Waals surface area contributed by atoms with Gasteiger partial charge in [0.1, 0.15) is 39.9 Å². The molecule has 1 aromatic carbocycles. The fourth-order valence-corrected chi connectivity index (χ4v) is 5.52. The molecule has 2 saturated heterocycles. The maximum absolute atomic E-state index is 13.0.